The third-order valence-electron chi connectivity index (χ3n) is 14.4. The van der Waals surface area contributed by atoms with Gasteiger partial charge in [-0.2, -0.15) is 0 Å². The first-order chi connectivity index (χ1) is 36.9. The maximum absolute atomic E-state index is 6.49. The van der Waals surface area contributed by atoms with Crippen LogP contribution in [0.1, 0.15) is 27.7 Å². The lowest BCUT2D eigenvalue weighted by Crippen LogP contribution is -2.41. The van der Waals surface area contributed by atoms with Crippen LogP contribution in [0.4, 0.5) is 0 Å². The lowest BCUT2D eigenvalue weighted by atomic mass is 9.79. The Morgan fingerprint density at radius 3 is 1.25 bits per heavy atom. The summed E-state index contributed by atoms with van der Waals surface area (Å²) in [6, 6.07) is 52.3. The number of aromatic nitrogens is 4. The molecule has 15 rings (SSSR count). The lowest BCUT2D eigenvalue weighted by Gasteiger charge is -2.32. The van der Waals surface area contributed by atoms with E-state index < -0.39 is 7.12 Å². The maximum atomic E-state index is 6.49. The Morgan fingerprint density at radius 2 is 0.776 bits per heavy atom. The first-order valence-electron chi connectivity index (χ1n) is 24.6. The summed E-state index contributed by atoms with van der Waals surface area (Å²) in [6.07, 6.45) is 7.33. The van der Waals surface area contributed by atoms with Crippen molar-refractivity contribution < 1.29 is 27.0 Å². The Bertz CT molecular complexity index is 4570. The van der Waals surface area contributed by atoms with E-state index in [1.54, 1.807) is 6.20 Å². The third kappa shape index (κ3) is 8.30. The van der Waals surface area contributed by atoms with Gasteiger partial charge in [-0.05, 0) is 173 Å². The molecule has 0 bridgehead atoms. The molecule has 9 heterocycles. The fourth-order valence-electron chi connectivity index (χ4n) is 9.88. The smallest absolute Gasteiger partial charge is 0.455 e. The minimum Gasteiger partial charge on any atom is -0.455 e. The molecule has 0 atom stereocenters. The lowest BCUT2D eigenvalue weighted by molar-refractivity contribution is 0.00578. The molecule has 1 fully saturated rings. The highest BCUT2D eigenvalue weighted by Gasteiger charge is 2.52. The van der Waals surface area contributed by atoms with Crippen molar-refractivity contribution in [2.75, 3.05) is 0 Å². The summed E-state index contributed by atoms with van der Waals surface area (Å²) in [4.78, 5) is 18.6. The highest BCUT2D eigenvalue weighted by Crippen LogP contribution is 2.45. The molecule has 14 aromatic rings. The Labute approximate surface area is 460 Å². The van der Waals surface area contributed by atoms with Gasteiger partial charge >= 0.3 is 7.12 Å². The number of fused-ring (bicyclic) bond motifs is 12. The van der Waals surface area contributed by atoms with Gasteiger partial charge in [-0.1, -0.05) is 76.6 Å². The molecule has 0 spiro atoms. The predicted octanol–water partition coefficient (Wildman–Crippen LogP) is 17.8. The molecular weight excluding hydrogens is 1150 g/mol. The van der Waals surface area contributed by atoms with Crippen LogP contribution in [-0.4, -0.2) is 38.3 Å². The van der Waals surface area contributed by atoms with E-state index in [0.717, 1.165) is 141 Å². The summed E-state index contributed by atoms with van der Waals surface area (Å²) in [5.74, 6) is 0. The highest BCUT2D eigenvalue weighted by atomic mass is 79.9. The molecule has 6 aromatic carbocycles. The first-order valence-corrected chi connectivity index (χ1v) is 26.9. The molecule has 370 valence electrons. The third-order valence-corrected chi connectivity index (χ3v) is 16.7. The quantitative estimate of drug-likeness (QED) is 0.124. The van der Waals surface area contributed by atoms with Gasteiger partial charge in [0.15, 0.2) is 22.3 Å². The van der Waals surface area contributed by atoms with Gasteiger partial charge in [-0.15, -0.1) is 0 Å². The summed E-state index contributed by atoms with van der Waals surface area (Å²) >= 11 is 10.1. The van der Waals surface area contributed by atoms with Crippen molar-refractivity contribution in [2.45, 2.75) is 38.9 Å². The van der Waals surface area contributed by atoms with Crippen LogP contribution < -0.4 is 5.46 Å². The second kappa shape index (κ2) is 19.0. The summed E-state index contributed by atoms with van der Waals surface area (Å²) < 4.78 is 40.8. The SMILES string of the molecule is Brc1ccc(Br)c(Br)c1.CC1(C)OB(c2ccnc3c2oc2ccccc23)OC1(C)C.c1ccc2c(c1)oc1c(-c3ccc(-c4ccnc5c4oc4ccccc45)c(-c4ccnc5c4oc4ccccc45)c3)ccnc12. The van der Waals surface area contributed by atoms with Crippen molar-refractivity contribution in [3.8, 4) is 33.4 Å². The van der Waals surface area contributed by atoms with Gasteiger partial charge in [0.2, 0.25) is 0 Å². The molecule has 0 aliphatic carbocycles. The minimum absolute atomic E-state index is 0.376. The van der Waals surface area contributed by atoms with Crippen molar-refractivity contribution in [1.29, 1.82) is 0 Å². The number of hydrogen-bond donors (Lipinski definition) is 0. The zero-order chi connectivity index (χ0) is 51.9. The molecule has 76 heavy (non-hydrogen) atoms. The van der Waals surface area contributed by atoms with E-state index in [9.17, 15) is 0 Å². The van der Waals surface area contributed by atoms with Crippen LogP contribution >= 0.6 is 47.8 Å². The summed E-state index contributed by atoms with van der Waals surface area (Å²) in [5, 5.41) is 3.97. The Hall–Kier alpha value is -7.46. The van der Waals surface area contributed by atoms with E-state index in [4.69, 9.17) is 36.9 Å². The second-order valence-corrected chi connectivity index (χ2v) is 22.1. The second-order valence-electron chi connectivity index (χ2n) is 19.5. The van der Waals surface area contributed by atoms with Crippen molar-refractivity contribution in [3.63, 3.8) is 0 Å². The van der Waals surface area contributed by atoms with E-state index in [2.05, 4.69) is 76.0 Å². The Balaban J connectivity index is 0.000000147. The molecule has 1 saturated heterocycles. The molecule has 0 unspecified atom stereocenters. The largest absolute Gasteiger partial charge is 0.498 e. The summed E-state index contributed by atoms with van der Waals surface area (Å²) in [6.45, 7) is 8.18. The molecule has 14 heteroatoms. The van der Waals surface area contributed by atoms with Crippen LogP contribution in [0.3, 0.4) is 0 Å². The zero-order valence-corrected chi connectivity index (χ0v) is 46.0. The number of pyridine rings is 4. The fourth-order valence-corrected chi connectivity index (χ4v) is 11.2. The van der Waals surface area contributed by atoms with Crippen molar-refractivity contribution in [2.24, 2.45) is 0 Å². The van der Waals surface area contributed by atoms with Gasteiger partial charge in [0.05, 0.1) is 11.2 Å². The predicted molar refractivity (Wildman–Crippen MR) is 315 cm³/mol. The molecule has 10 nitrogen and oxygen atoms in total. The van der Waals surface area contributed by atoms with Gasteiger partial charge in [0, 0.05) is 81.9 Å². The van der Waals surface area contributed by atoms with E-state index in [1.165, 1.54) is 0 Å². The molecule has 1 aliphatic rings. The van der Waals surface area contributed by atoms with Gasteiger partial charge in [-0.3, -0.25) is 19.9 Å². The maximum Gasteiger partial charge on any atom is 0.498 e. The van der Waals surface area contributed by atoms with Crippen LogP contribution in [0.25, 0.3) is 122 Å². The average Bonchev–Trinajstić information content (AvgIpc) is 4.25. The van der Waals surface area contributed by atoms with Gasteiger partial charge in [0.25, 0.3) is 0 Å². The standard InChI is InChI=1S/C39H21N3O3.C17H18BNO3.C6H3Br3/c1-4-10-31-27(7-1)34-37(43-31)23(15-18-40-34)22-13-14-24(25-16-19-41-35-28-8-2-5-11-32(28)44-38(25)35)30(21-22)26-17-20-42-36-29-9-3-6-12-33(29)45-39(26)36;1-16(2)17(3,4)22-18(21-16)12-9-10-19-14-11-7-5-6-8-13(11)20-15(12)14;7-4-1-2-5(8)6(9)3-4/h1-21H;5-10H,1-4H3;1-3H. The molecule has 0 N–H and O–H groups in total. The molecule has 0 radical (unpaired) electrons. The monoisotopic (exact) mass is 1190 g/mol. The number of furan rings is 4. The fraction of sp³-hybridized carbons (Fsp3) is 0.0968. The number of benzene rings is 6. The molecule has 1 aliphatic heterocycles. The van der Waals surface area contributed by atoms with E-state index in [1.807, 2.05) is 186 Å². The Morgan fingerprint density at radius 1 is 0.368 bits per heavy atom. The van der Waals surface area contributed by atoms with Crippen molar-refractivity contribution in [3.05, 3.63) is 196 Å². The van der Waals surface area contributed by atoms with Crippen molar-refractivity contribution >= 4 is 149 Å². The minimum atomic E-state index is -0.448. The van der Waals surface area contributed by atoms with Crippen molar-refractivity contribution in [1.82, 2.24) is 19.9 Å². The van der Waals surface area contributed by atoms with Gasteiger partial charge in [-0.25, -0.2) is 0 Å². The van der Waals surface area contributed by atoms with Crippen LogP contribution in [-0.2, 0) is 9.31 Å². The number of para-hydroxylation sites is 4. The van der Waals surface area contributed by atoms with Crippen LogP contribution in [0.15, 0.2) is 214 Å². The number of hydrogen-bond acceptors (Lipinski definition) is 10. The average molecular weight is 1190 g/mol. The highest BCUT2D eigenvalue weighted by molar-refractivity contribution is 9.13. The van der Waals surface area contributed by atoms with Crippen LogP contribution in [0, 0.1) is 0 Å². The first kappa shape index (κ1) is 48.2. The zero-order valence-electron chi connectivity index (χ0n) is 41.3. The van der Waals surface area contributed by atoms with Crippen LogP contribution in [0.5, 0.6) is 0 Å². The van der Waals surface area contributed by atoms with E-state index in [-0.39, 0.29) is 11.2 Å². The summed E-state index contributed by atoms with van der Waals surface area (Å²) in [5.41, 5.74) is 15.5. The number of rotatable bonds is 4. The Kier molecular flexibility index (Phi) is 12.0. The van der Waals surface area contributed by atoms with E-state index >= 15 is 0 Å². The number of nitrogens with zero attached hydrogens (tertiary/aromatic N) is 4. The van der Waals surface area contributed by atoms with Gasteiger partial charge < -0.3 is 27.0 Å². The molecule has 0 amide bonds. The summed E-state index contributed by atoms with van der Waals surface area (Å²) in [7, 11) is -0.448. The van der Waals surface area contributed by atoms with E-state index in [0.29, 0.717) is 0 Å². The topological polar surface area (TPSA) is 123 Å². The molecular formula is C62H42BBr3N4O6. The number of halogens is 3. The van der Waals surface area contributed by atoms with Crippen LogP contribution in [0.2, 0.25) is 0 Å². The molecule has 8 aromatic heterocycles. The molecule has 0 saturated carbocycles. The van der Waals surface area contributed by atoms with Gasteiger partial charge in [0.1, 0.15) is 44.4 Å². The normalized spacial score (nSPS) is 14.1.